The topological polar surface area (TPSA) is 35.2 Å². The minimum atomic E-state index is 0.164. The molecule has 2 heteroatoms. The molecule has 0 spiro atoms. The average molecular weight is 247 g/mol. The van der Waals surface area contributed by atoms with E-state index in [2.05, 4.69) is 32.0 Å². The van der Waals surface area contributed by atoms with E-state index in [1.54, 1.807) is 7.11 Å². The Balaban J connectivity index is 2.26. The molecule has 1 saturated carbocycles. The van der Waals surface area contributed by atoms with Gasteiger partial charge in [-0.2, -0.15) is 0 Å². The summed E-state index contributed by atoms with van der Waals surface area (Å²) in [6.07, 6.45) is 5.04. The van der Waals surface area contributed by atoms with Crippen LogP contribution < -0.4 is 10.5 Å². The Labute approximate surface area is 111 Å². The van der Waals surface area contributed by atoms with Gasteiger partial charge in [-0.15, -0.1) is 0 Å². The second kappa shape index (κ2) is 5.31. The van der Waals surface area contributed by atoms with E-state index < -0.39 is 0 Å². The van der Waals surface area contributed by atoms with Gasteiger partial charge in [0.05, 0.1) is 7.11 Å². The first-order chi connectivity index (χ1) is 8.65. The summed E-state index contributed by atoms with van der Waals surface area (Å²) >= 11 is 0. The van der Waals surface area contributed by atoms with E-state index >= 15 is 0 Å². The summed E-state index contributed by atoms with van der Waals surface area (Å²) in [5.74, 6) is 1.85. The minimum Gasteiger partial charge on any atom is -0.496 e. The SMILES string of the molecule is CCCC1CC(CN)(c2cc(C)ccc2OC)C1. The number of aryl methyl sites for hydroxylation is 1. The maximum Gasteiger partial charge on any atom is 0.122 e. The van der Waals surface area contributed by atoms with E-state index in [-0.39, 0.29) is 5.41 Å². The first-order valence-electron chi connectivity index (χ1n) is 7.00. The maximum absolute atomic E-state index is 6.08. The second-order valence-corrected chi connectivity index (χ2v) is 5.75. The Hall–Kier alpha value is -1.02. The highest BCUT2D eigenvalue weighted by molar-refractivity contribution is 5.44. The molecule has 2 N–H and O–H groups in total. The third kappa shape index (κ3) is 2.26. The van der Waals surface area contributed by atoms with Crippen LogP contribution in [-0.4, -0.2) is 13.7 Å². The highest BCUT2D eigenvalue weighted by Gasteiger charge is 2.45. The predicted molar refractivity (Wildman–Crippen MR) is 76.1 cm³/mol. The van der Waals surface area contributed by atoms with Crippen molar-refractivity contribution in [1.82, 2.24) is 0 Å². The number of nitrogens with two attached hydrogens (primary N) is 1. The maximum atomic E-state index is 6.08. The van der Waals surface area contributed by atoms with E-state index in [1.807, 2.05) is 0 Å². The first kappa shape index (κ1) is 13.4. The molecule has 0 amide bonds. The Bertz CT molecular complexity index is 408. The predicted octanol–water partition coefficient (Wildman–Crippen LogP) is 3.41. The fraction of sp³-hybridized carbons (Fsp3) is 0.625. The molecular weight excluding hydrogens is 222 g/mol. The van der Waals surface area contributed by atoms with Crippen molar-refractivity contribution in [3.8, 4) is 5.75 Å². The van der Waals surface area contributed by atoms with Crippen LogP contribution in [0.4, 0.5) is 0 Å². The standard InChI is InChI=1S/C16H25NO/c1-4-5-13-9-16(10-13,11-17)14-8-12(2)6-7-15(14)18-3/h6-8,13H,4-5,9-11,17H2,1-3H3. The molecular formula is C16H25NO. The monoisotopic (exact) mass is 247 g/mol. The van der Waals surface area contributed by atoms with E-state index in [0.717, 1.165) is 18.2 Å². The van der Waals surface area contributed by atoms with Crippen LogP contribution >= 0.6 is 0 Å². The molecule has 18 heavy (non-hydrogen) atoms. The van der Waals surface area contributed by atoms with E-state index in [4.69, 9.17) is 10.5 Å². The molecule has 2 rings (SSSR count). The molecule has 0 heterocycles. The summed E-state index contributed by atoms with van der Waals surface area (Å²) in [5, 5.41) is 0. The lowest BCUT2D eigenvalue weighted by atomic mass is 9.57. The van der Waals surface area contributed by atoms with Crippen LogP contribution in [0, 0.1) is 12.8 Å². The molecule has 0 radical (unpaired) electrons. The highest BCUT2D eigenvalue weighted by atomic mass is 16.5. The quantitative estimate of drug-likeness (QED) is 0.865. The van der Waals surface area contributed by atoms with Gasteiger partial charge < -0.3 is 10.5 Å². The fourth-order valence-corrected chi connectivity index (χ4v) is 3.39. The van der Waals surface area contributed by atoms with Crippen LogP contribution in [0.3, 0.4) is 0 Å². The van der Waals surface area contributed by atoms with Crippen molar-refractivity contribution >= 4 is 0 Å². The van der Waals surface area contributed by atoms with E-state index in [1.165, 1.54) is 36.8 Å². The highest BCUT2D eigenvalue weighted by Crippen LogP contribution is 2.51. The van der Waals surface area contributed by atoms with Crippen LogP contribution in [0.2, 0.25) is 0 Å². The summed E-state index contributed by atoms with van der Waals surface area (Å²) in [6.45, 7) is 5.12. The molecule has 1 aliphatic rings. The van der Waals surface area contributed by atoms with Crippen molar-refractivity contribution < 1.29 is 4.74 Å². The third-order valence-electron chi connectivity index (χ3n) is 4.37. The number of hydrogen-bond donors (Lipinski definition) is 1. The molecule has 0 unspecified atom stereocenters. The van der Waals surface area contributed by atoms with Crippen LogP contribution in [0.1, 0.15) is 43.7 Å². The van der Waals surface area contributed by atoms with E-state index in [9.17, 15) is 0 Å². The number of hydrogen-bond acceptors (Lipinski definition) is 2. The van der Waals surface area contributed by atoms with Crippen LogP contribution in [-0.2, 0) is 5.41 Å². The molecule has 0 aliphatic heterocycles. The average Bonchev–Trinajstić information content (AvgIpc) is 2.33. The molecule has 1 aliphatic carbocycles. The third-order valence-corrected chi connectivity index (χ3v) is 4.37. The zero-order valence-electron chi connectivity index (χ0n) is 11.8. The van der Waals surface area contributed by atoms with Gasteiger partial charge in [0.2, 0.25) is 0 Å². The van der Waals surface area contributed by atoms with Gasteiger partial charge in [-0.05, 0) is 31.7 Å². The minimum absolute atomic E-state index is 0.164. The number of ether oxygens (including phenoxy) is 1. The van der Waals surface area contributed by atoms with Crippen LogP contribution in [0.25, 0.3) is 0 Å². The molecule has 0 aromatic heterocycles. The van der Waals surface area contributed by atoms with Crippen molar-refractivity contribution in [1.29, 1.82) is 0 Å². The molecule has 2 nitrogen and oxygen atoms in total. The van der Waals surface area contributed by atoms with E-state index in [0.29, 0.717) is 0 Å². The van der Waals surface area contributed by atoms with Crippen molar-refractivity contribution in [2.75, 3.05) is 13.7 Å². The molecule has 0 atom stereocenters. The van der Waals surface area contributed by atoms with Crippen LogP contribution in [0.5, 0.6) is 5.75 Å². The van der Waals surface area contributed by atoms with Gasteiger partial charge in [-0.1, -0.05) is 37.5 Å². The van der Waals surface area contributed by atoms with Gasteiger partial charge in [-0.3, -0.25) is 0 Å². The van der Waals surface area contributed by atoms with Crippen molar-refractivity contribution in [2.45, 2.75) is 44.9 Å². The Morgan fingerprint density at radius 1 is 1.39 bits per heavy atom. The number of methoxy groups -OCH3 is 1. The molecule has 1 aromatic rings. The molecule has 100 valence electrons. The lowest BCUT2D eigenvalue weighted by Gasteiger charge is -2.48. The normalized spacial score (nSPS) is 26.8. The molecule has 1 aromatic carbocycles. The number of benzene rings is 1. The van der Waals surface area contributed by atoms with Gasteiger partial charge in [-0.25, -0.2) is 0 Å². The van der Waals surface area contributed by atoms with Gasteiger partial charge in [0.1, 0.15) is 5.75 Å². The van der Waals surface area contributed by atoms with Crippen molar-refractivity contribution in [3.63, 3.8) is 0 Å². The molecule has 0 saturated heterocycles. The van der Waals surface area contributed by atoms with Gasteiger partial charge in [0, 0.05) is 17.5 Å². The summed E-state index contributed by atoms with van der Waals surface area (Å²) < 4.78 is 5.52. The molecule has 0 bridgehead atoms. The zero-order valence-corrected chi connectivity index (χ0v) is 11.8. The second-order valence-electron chi connectivity index (χ2n) is 5.75. The van der Waals surface area contributed by atoms with Gasteiger partial charge >= 0.3 is 0 Å². The summed E-state index contributed by atoms with van der Waals surface area (Å²) in [7, 11) is 1.75. The first-order valence-corrected chi connectivity index (χ1v) is 7.00. The smallest absolute Gasteiger partial charge is 0.122 e. The Kier molecular flexibility index (Phi) is 3.96. The van der Waals surface area contributed by atoms with Gasteiger partial charge in [0.25, 0.3) is 0 Å². The largest absolute Gasteiger partial charge is 0.496 e. The summed E-state index contributed by atoms with van der Waals surface area (Å²) in [6, 6.07) is 6.44. The van der Waals surface area contributed by atoms with Crippen molar-refractivity contribution in [3.05, 3.63) is 29.3 Å². The summed E-state index contributed by atoms with van der Waals surface area (Å²) in [5.41, 5.74) is 8.85. The van der Waals surface area contributed by atoms with Gasteiger partial charge in [0.15, 0.2) is 0 Å². The lowest BCUT2D eigenvalue weighted by molar-refractivity contribution is 0.135. The van der Waals surface area contributed by atoms with Crippen molar-refractivity contribution in [2.24, 2.45) is 11.7 Å². The number of rotatable bonds is 5. The lowest BCUT2D eigenvalue weighted by Crippen LogP contribution is -2.47. The summed E-state index contributed by atoms with van der Waals surface area (Å²) in [4.78, 5) is 0. The Morgan fingerprint density at radius 3 is 2.67 bits per heavy atom. The molecule has 1 fully saturated rings. The fourth-order valence-electron chi connectivity index (χ4n) is 3.39. The van der Waals surface area contributed by atoms with Crippen LogP contribution in [0.15, 0.2) is 18.2 Å². The Morgan fingerprint density at radius 2 is 2.11 bits per heavy atom. The zero-order chi connectivity index (χ0) is 13.2.